The van der Waals surface area contributed by atoms with Gasteiger partial charge in [-0.2, -0.15) is 0 Å². The second-order valence-electron chi connectivity index (χ2n) is 6.00. The lowest BCUT2D eigenvalue weighted by Crippen LogP contribution is -2.36. The van der Waals surface area contributed by atoms with E-state index in [2.05, 4.69) is 26.1 Å². The summed E-state index contributed by atoms with van der Waals surface area (Å²) in [6.07, 6.45) is 10.8. The molecule has 0 amide bonds. The summed E-state index contributed by atoms with van der Waals surface area (Å²) < 4.78 is 5.89. The maximum absolute atomic E-state index is 5.89. The fourth-order valence-electron chi connectivity index (χ4n) is 3.02. The molecule has 1 N–H and O–H groups in total. The van der Waals surface area contributed by atoms with Crippen molar-refractivity contribution in [1.82, 2.24) is 5.32 Å². The Kier molecular flexibility index (Phi) is 8.70. The van der Waals surface area contributed by atoms with Crippen LogP contribution in [0.3, 0.4) is 0 Å². The summed E-state index contributed by atoms with van der Waals surface area (Å²) in [6, 6.07) is 0.662. The molecule has 1 aliphatic rings. The first kappa shape index (κ1) is 16.0. The van der Waals surface area contributed by atoms with Gasteiger partial charge in [0, 0.05) is 12.6 Å². The average Bonchev–Trinajstić information content (AvgIpc) is 2.37. The summed E-state index contributed by atoms with van der Waals surface area (Å²) in [5.41, 5.74) is 0. The Labute approximate surface area is 114 Å². The molecule has 1 heterocycles. The van der Waals surface area contributed by atoms with Crippen molar-refractivity contribution >= 4 is 0 Å². The highest BCUT2D eigenvalue weighted by Gasteiger charge is 2.20. The van der Waals surface area contributed by atoms with Gasteiger partial charge in [0.2, 0.25) is 0 Å². The molecule has 0 radical (unpaired) electrons. The van der Waals surface area contributed by atoms with Gasteiger partial charge in [-0.3, -0.25) is 0 Å². The lowest BCUT2D eigenvalue weighted by atomic mass is 9.92. The van der Waals surface area contributed by atoms with E-state index in [1.165, 1.54) is 51.4 Å². The molecule has 0 saturated carbocycles. The predicted octanol–water partition coefficient (Wildman–Crippen LogP) is 4.14. The highest BCUT2D eigenvalue weighted by molar-refractivity contribution is 4.76. The molecule has 108 valence electrons. The van der Waals surface area contributed by atoms with Gasteiger partial charge in [0.1, 0.15) is 0 Å². The van der Waals surface area contributed by atoms with Gasteiger partial charge in [-0.05, 0) is 51.0 Å². The third-order valence-electron chi connectivity index (χ3n) is 3.97. The molecular formula is C16H33NO. The molecule has 0 aromatic carbocycles. The number of ether oxygens (including phenoxy) is 1. The monoisotopic (exact) mass is 255 g/mol. The first-order valence-electron chi connectivity index (χ1n) is 8.11. The summed E-state index contributed by atoms with van der Waals surface area (Å²) in [4.78, 5) is 0. The Morgan fingerprint density at radius 3 is 2.67 bits per heavy atom. The first-order chi connectivity index (χ1) is 8.76. The minimum absolute atomic E-state index is 0.516. The van der Waals surface area contributed by atoms with Crippen molar-refractivity contribution in [3.63, 3.8) is 0 Å². The molecule has 1 fully saturated rings. The van der Waals surface area contributed by atoms with Gasteiger partial charge in [0.15, 0.2) is 0 Å². The molecule has 0 aromatic heterocycles. The van der Waals surface area contributed by atoms with Crippen LogP contribution in [0.15, 0.2) is 0 Å². The van der Waals surface area contributed by atoms with Crippen molar-refractivity contribution in [2.45, 2.75) is 84.3 Å². The summed E-state index contributed by atoms with van der Waals surface area (Å²) in [7, 11) is 0. The molecule has 1 rings (SSSR count). The Hall–Kier alpha value is -0.0800. The van der Waals surface area contributed by atoms with Crippen LogP contribution in [-0.4, -0.2) is 25.3 Å². The normalized spacial score (nSPS) is 23.8. The number of hydrogen-bond donors (Lipinski definition) is 1. The molecule has 0 aromatic rings. The van der Waals surface area contributed by atoms with Crippen molar-refractivity contribution in [2.24, 2.45) is 5.92 Å². The third-order valence-corrected chi connectivity index (χ3v) is 3.97. The molecule has 1 aliphatic heterocycles. The van der Waals surface area contributed by atoms with Gasteiger partial charge in [-0.1, -0.05) is 33.6 Å². The van der Waals surface area contributed by atoms with Crippen LogP contribution in [0.1, 0.15) is 72.1 Å². The van der Waals surface area contributed by atoms with Crippen LogP contribution in [0.2, 0.25) is 0 Å². The van der Waals surface area contributed by atoms with Gasteiger partial charge in [-0.15, -0.1) is 0 Å². The zero-order chi connectivity index (χ0) is 13.2. The van der Waals surface area contributed by atoms with E-state index < -0.39 is 0 Å². The van der Waals surface area contributed by atoms with Gasteiger partial charge < -0.3 is 10.1 Å². The lowest BCUT2D eigenvalue weighted by molar-refractivity contribution is 0.00380. The highest BCUT2D eigenvalue weighted by Crippen LogP contribution is 2.21. The number of rotatable bonds is 9. The van der Waals surface area contributed by atoms with Crippen LogP contribution in [-0.2, 0) is 4.74 Å². The largest absolute Gasteiger partial charge is 0.378 e. The second kappa shape index (κ2) is 9.80. The molecule has 0 aliphatic carbocycles. The molecule has 2 nitrogen and oxygen atoms in total. The molecule has 18 heavy (non-hydrogen) atoms. The fraction of sp³-hybridized carbons (Fsp3) is 1.00. The highest BCUT2D eigenvalue weighted by atomic mass is 16.5. The van der Waals surface area contributed by atoms with E-state index in [9.17, 15) is 0 Å². The van der Waals surface area contributed by atoms with Crippen LogP contribution in [0.25, 0.3) is 0 Å². The standard InChI is InChI=1S/C16H33NO/c1-4-8-14(3)12-15(17-10-5-2)13-16-9-6-7-11-18-16/h14-17H,4-13H2,1-3H3. The van der Waals surface area contributed by atoms with E-state index in [4.69, 9.17) is 4.74 Å². The maximum Gasteiger partial charge on any atom is 0.0590 e. The smallest absolute Gasteiger partial charge is 0.0590 e. The van der Waals surface area contributed by atoms with E-state index in [1.54, 1.807) is 0 Å². The van der Waals surface area contributed by atoms with E-state index in [0.29, 0.717) is 12.1 Å². The van der Waals surface area contributed by atoms with Crippen LogP contribution >= 0.6 is 0 Å². The van der Waals surface area contributed by atoms with Crippen LogP contribution in [0.5, 0.6) is 0 Å². The number of nitrogens with one attached hydrogen (secondary N) is 1. The van der Waals surface area contributed by atoms with Crippen molar-refractivity contribution in [1.29, 1.82) is 0 Å². The lowest BCUT2D eigenvalue weighted by Gasteiger charge is -2.29. The van der Waals surface area contributed by atoms with Gasteiger partial charge in [0.25, 0.3) is 0 Å². The summed E-state index contributed by atoms with van der Waals surface area (Å²) in [5.74, 6) is 0.841. The summed E-state index contributed by atoms with van der Waals surface area (Å²) in [5, 5.41) is 3.73. The van der Waals surface area contributed by atoms with Crippen molar-refractivity contribution in [3.05, 3.63) is 0 Å². The Morgan fingerprint density at radius 1 is 1.22 bits per heavy atom. The Balaban J connectivity index is 2.33. The first-order valence-corrected chi connectivity index (χ1v) is 8.11. The SMILES string of the molecule is CCCNC(CC(C)CCC)CC1CCCCO1. The maximum atomic E-state index is 5.89. The topological polar surface area (TPSA) is 21.3 Å². The van der Waals surface area contributed by atoms with Crippen LogP contribution in [0.4, 0.5) is 0 Å². The van der Waals surface area contributed by atoms with E-state index in [1.807, 2.05) is 0 Å². The zero-order valence-electron chi connectivity index (χ0n) is 12.7. The van der Waals surface area contributed by atoms with Gasteiger partial charge in [0.05, 0.1) is 6.10 Å². The van der Waals surface area contributed by atoms with Crippen LogP contribution < -0.4 is 5.32 Å². The number of hydrogen-bond acceptors (Lipinski definition) is 2. The Bertz CT molecular complexity index is 190. The van der Waals surface area contributed by atoms with E-state index >= 15 is 0 Å². The molecule has 1 saturated heterocycles. The van der Waals surface area contributed by atoms with Crippen LogP contribution in [0, 0.1) is 5.92 Å². The molecule has 2 heteroatoms. The third kappa shape index (κ3) is 6.75. The molecule has 3 atom stereocenters. The summed E-state index contributed by atoms with van der Waals surface area (Å²) >= 11 is 0. The predicted molar refractivity (Wildman–Crippen MR) is 79.0 cm³/mol. The Morgan fingerprint density at radius 2 is 2.06 bits per heavy atom. The van der Waals surface area contributed by atoms with Crippen molar-refractivity contribution in [3.8, 4) is 0 Å². The zero-order valence-corrected chi connectivity index (χ0v) is 12.7. The molecule has 0 spiro atoms. The van der Waals surface area contributed by atoms with Gasteiger partial charge >= 0.3 is 0 Å². The summed E-state index contributed by atoms with van der Waals surface area (Å²) in [6.45, 7) is 9.06. The minimum Gasteiger partial charge on any atom is -0.378 e. The molecular weight excluding hydrogens is 222 g/mol. The van der Waals surface area contributed by atoms with E-state index in [-0.39, 0.29) is 0 Å². The van der Waals surface area contributed by atoms with Crippen molar-refractivity contribution in [2.75, 3.05) is 13.2 Å². The fourth-order valence-corrected chi connectivity index (χ4v) is 3.02. The molecule has 0 bridgehead atoms. The average molecular weight is 255 g/mol. The van der Waals surface area contributed by atoms with Gasteiger partial charge in [-0.25, -0.2) is 0 Å². The minimum atomic E-state index is 0.516. The molecule has 3 unspecified atom stereocenters. The van der Waals surface area contributed by atoms with Crippen molar-refractivity contribution < 1.29 is 4.74 Å². The quantitative estimate of drug-likeness (QED) is 0.668. The van der Waals surface area contributed by atoms with E-state index in [0.717, 1.165) is 19.1 Å². The second-order valence-corrected chi connectivity index (χ2v) is 6.00.